The number of nitrogen functional groups attached to an aromatic ring is 2. The highest BCUT2D eigenvalue weighted by Crippen LogP contribution is 2.31. The van der Waals surface area contributed by atoms with Crippen molar-refractivity contribution in [3.8, 4) is 0 Å². The lowest BCUT2D eigenvalue weighted by Gasteiger charge is -2.07. The first kappa shape index (κ1) is 11.9. The van der Waals surface area contributed by atoms with Gasteiger partial charge in [0.1, 0.15) is 0 Å². The van der Waals surface area contributed by atoms with E-state index in [4.69, 9.17) is 11.5 Å². The fourth-order valence-electron chi connectivity index (χ4n) is 1.56. The summed E-state index contributed by atoms with van der Waals surface area (Å²) in [6.07, 6.45) is 0. The molecule has 17 heavy (non-hydrogen) atoms. The van der Waals surface area contributed by atoms with E-state index in [0.29, 0.717) is 0 Å². The van der Waals surface area contributed by atoms with Crippen LogP contribution in [0.25, 0.3) is 0 Å². The predicted molar refractivity (Wildman–Crippen MR) is 75.3 cm³/mol. The van der Waals surface area contributed by atoms with Gasteiger partial charge < -0.3 is 11.5 Å². The van der Waals surface area contributed by atoms with Crippen molar-refractivity contribution in [1.82, 2.24) is 0 Å². The molecule has 0 aromatic heterocycles. The fourth-order valence-corrected chi connectivity index (χ4v) is 2.58. The Morgan fingerprint density at radius 2 is 1.18 bits per heavy atom. The van der Waals surface area contributed by atoms with E-state index in [0.717, 1.165) is 22.5 Å². The molecule has 0 aliphatic heterocycles. The number of aryl methyl sites for hydroxylation is 2. The fraction of sp³-hybridized carbons (Fsp3) is 0.143. The number of hydrogen-bond donors (Lipinski definition) is 2. The zero-order chi connectivity index (χ0) is 12.4. The van der Waals surface area contributed by atoms with Gasteiger partial charge in [-0.1, -0.05) is 11.8 Å². The molecule has 0 heterocycles. The molecule has 0 saturated heterocycles. The summed E-state index contributed by atoms with van der Waals surface area (Å²) in [6, 6.07) is 12.2. The van der Waals surface area contributed by atoms with Crippen LogP contribution in [0.5, 0.6) is 0 Å². The standard InChI is InChI=1S/C14H16N2S/c1-9-7-11(3-5-13(9)15)17-12-4-6-14(16)10(2)8-12/h3-8H,15-16H2,1-2H3. The summed E-state index contributed by atoms with van der Waals surface area (Å²) in [7, 11) is 0. The third-order valence-corrected chi connectivity index (χ3v) is 3.70. The van der Waals surface area contributed by atoms with Crippen molar-refractivity contribution < 1.29 is 0 Å². The first-order valence-corrected chi connectivity index (χ1v) is 6.28. The Bertz CT molecular complexity index is 500. The van der Waals surface area contributed by atoms with Crippen LogP contribution in [0.3, 0.4) is 0 Å². The highest BCUT2D eigenvalue weighted by Gasteiger charge is 2.01. The lowest BCUT2D eigenvalue weighted by atomic mass is 10.2. The van der Waals surface area contributed by atoms with E-state index >= 15 is 0 Å². The molecule has 0 atom stereocenters. The Balaban J connectivity index is 2.25. The van der Waals surface area contributed by atoms with Crippen molar-refractivity contribution >= 4 is 23.1 Å². The first-order valence-electron chi connectivity index (χ1n) is 5.46. The van der Waals surface area contributed by atoms with Crippen LogP contribution in [-0.4, -0.2) is 0 Å². The van der Waals surface area contributed by atoms with Gasteiger partial charge in [0.05, 0.1) is 0 Å². The molecule has 2 aromatic carbocycles. The van der Waals surface area contributed by atoms with E-state index in [2.05, 4.69) is 12.1 Å². The molecule has 0 bridgehead atoms. The zero-order valence-corrected chi connectivity index (χ0v) is 10.8. The second kappa shape index (κ2) is 4.72. The van der Waals surface area contributed by atoms with Gasteiger partial charge in [0.2, 0.25) is 0 Å². The molecule has 0 saturated carbocycles. The largest absolute Gasteiger partial charge is 0.399 e. The Morgan fingerprint density at radius 3 is 1.53 bits per heavy atom. The van der Waals surface area contributed by atoms with Crippen LogP contribution in [0.1, 0.15) is 11.1 Å². The van der Waals surface area contributed by atoms with Gasteiger partial charge >= 0.3 is 0 Å². The summed E-state index contributed by atoms with van der Waals surface area (Å²) >= 11 is 1.72. The Hall–Kier alpha value is -1.61. The van der Waals surface area contributed by atoms with Gasteiger partial charge in [-0.15, -0.1) is 0 Å². The summed E-state index contributed by atoms with van der Waals surface area (Å²) in [4.78, 5) is 2.39. The first-order chi connectivity index (χ1) is 8.06. The van der Waals surface area contributed by atoms with E-state index < -0.39 is 0 Å². The summed E-state index contributed by atoms with van der Waals surface area (Å²) in [5.74, 6) is 0. The summed E-state index contributed by atoms with van der Waals surface area (Å²) in [5.41, 5.74) is 15.5. The molecule has 0 spiro atoms. The second-order valence-electron chi connectivity index (χ2n) is 4.14. The lowest BCUT2D eigenvalue weighted by Crippen LogP contribution is -1.90. The Kier molecular flexibility index (Phi) is 3.29. The molecule has 0 aliphatic carbocycles. The average molecular weight is 244 g/mol. The van der Waals surface area contributed by atoms with E-state index in [-0.39, 0.29) is 0 Å². The lowest BCUT2D eigenvalue weighted by molar-refractivity contribution is 1.33. The van der Waals surface area contributed by atoms with Crippen molar-refractivity contribution in [2.45, 2.75) is 23.6 Å². The van der Waals surface area contributed by atoms with Gasteiger partial charge in [-0.2, -0.15) is 0 Å². The number of benzene rings is 2. The summed E-state index contributed by atoms with van der Waals surface area (Å²) < 4.78 is 0. The smallest absolute Gasteiger partial charge is 0.0344 e. The van der Waals surface area contributed by atoms with Crippen molar-refractivity contribution in [1.29, 1.82) is 0 Å². The Morgan fingerprint density at radius 1 is 0.765 bits per heavy atom. The molecular weight excluding hydrogens is 228 g/mol. The SMILES string of the molecule is Cc1cc(Sc2ccc(N)c(C)c2)ccc1N. The van der Waals surface area contributed by atoms with Gasteiger partial charge in [-0.25, -0.2) is 0 Å². The monoisotopic (exact) mass is 244 g/mol. The van der Waals surface area contributed by atoms with Crippen molar-refractivity contribution in [3.63, 3.8) is 0 Å². The number of rotatable bonds is 2. The molecule has 0 aliphatic rings. The normalized spacial score (nSPS) is 10.5. The van der Waals surface area contributed by atoms with Crippen LogP contribution in [0.4, 0.5) is 11.4 Å². The van der Waals surface area contributed by atoms with E-state index in [1.165, 1.54) is 9.79 Å². The van der Waals surface area contributed by atoms with Crippen LogP contribution in [-0.2, 0) is 0 Å². The minimum atomic E-state index is 0.836. The molecule has 0 radical (unpaired) electrons. The highest BCUT2D eigenvalue weighted by molar-refractivity contribution is 7.99. The molecule has 4 N–H and O–H groups in total. The third kappa shape index (κ3) is 2.74. The van der Waals surface area contributed by atoms with E-state index in [9.17, 15) is 0 Å². The van der Waals surface area contributed by atoms with Crippen LogP contribution >= 0.6 is 11.8 Å². The maximum absolute atomic E-state index is 5.80. The molecule has 3 heteroatoms. The summed E-state index contributed by atoms with van der Waals surface area (Å²) in [6.45, 7) is 4.04. The van der Waals surface area contributed by atoms with Crippen LogP contribution < -0.4 is 11.5 Å². The number of anilines is 2. The maximum Gasteiger partial charge on any atom is 0.0344 e. The molecule has 0 amide bonds. The van der Waals surface area contributed by atoms with Gasteiger partial charge in [0, 0.05) is 21.2 Å². The second-order valence-corrected chi connectivity index (χ2v) is 5.29. The third-order valence-electron chi connectivity index (χ3n) is 2.72. The van der Waals surface area contributed by atoms with Crippen molar-refractivity contribution in [2.24, 2.45) is 0 Å². The number of hydrogen-bond acceptors (Lipinski definition) is 3. The van der Waals surface area contributed by atoms with E-state index in [1.54, 1.807) is 11.8 Å². The van der Waals surface area contributed by atoms with Crippen molar-refractivity contribution in [3.05, 3.63) is 47.5 Å². The average Bonchev–Trinajstić information content (AvgIpc) is 2.29. The molecule has 88 valence electrons. The van der Waals surface area contributed by atoms with Gasteiger partial charge in [0.25, 0.3) is 0 Å². The topological polar surface area (TPSA) is 52.0 Å². The molecule has 0 unspecified atom stereocenters. The van der Waals surface area contributed by atoms with Gasteiger partial charge in [0.15, 0.2) is 0 Å². The van der Waals surface area contributed by atoms with Crippen LogP contribution in [0.2, 0.25) is 0 Å². The maximum atomic E-state index is 5.80. The minimum Gasteiger partial charge on any atom is -0.399 e. The molecule has 0 fully saturated rings. The van der Waals surface area contributed by atoms with Crippen LogP contribution in [0.15, 0.2) is 46.2 Å². The zero-order valence-electron chi connectivity index (χ0n) is 10.0. The molecule has 2 aromatic rings. The quantitative estimate of drug-likeness (QED) is 0.793. The molecule has 2 rings (SSSR count). The van der Waals surface area contributed by atoms with Crippen molar-refractivity contribution in [2.75, 3.05) is 11.5 Å². The van der Waals surface area contributed by atoms with Gasteiger partial charge in [-0.05, 0) is 61.4 Å². The van der Waals surface area contributed by atoms with Crippen LogP contribution in [0, 0.1) is 13.8 Å². The number of nitrogens with two attached hydrogens (primary N) is 2. The predicted octanol–water partition coefficient (Wildman–Crippen LogP) is 3.62. The van der Waals surface area contributed by atoms with E-state index in [1.807, 2.05) is 38.1 Å². The summed E-state index contributed by atoms with van der Waals surface area (Å²) in [5, 5.41) is 0. The molecular formula is C14H16N2S. The Labute approximate surface area is 106 Å². The highest BCUT2D eigenvalue weighted by atomic mass is 32.2. The minimum absolute atomic E-state index is 0.836. The molecule has 2 nitrogen and oxygen atoms in total. The van der Waals surface area contributed by atoms with Gasteiger partial charge in [-0.3, -0.25) is 0 Å².